The Morgan fingerprint density at radius 1 is 1.17 bits per heavy atom. The molecule has 0 N–H and O–H groups in total. The lowest BCUT2D eigenvalue weighted by atomic mass is 9.98. The van der Waals surface area contributed by atoms with Crippen LogP contribution >= 0.6 is 0 Å². The van der Waals surface area contributed by atoms with Gasteiger partial charge in [0.2, 0.25) is 0 Å². The van der Waals surface area contributed by atoms with Crippen molar-refractivity contribution in [1.82, 2.24) is 4.90 Å². The monoisotopic (exact) mass is 422 g/mol. The third-order valence-electron chi connectivity index (χ3n) is 5.37. The van der Waals surface area contributed by atoms with E-state index in [2.05, 4.69) is 11.9 Å². The topological polar surface area (TPSA) is 77.5 Å². The van der Waals surface area contributed by atoms with Crippen LogP contribution in [0.25, 0.3) is 0 Å². The van der Waals surface area contributed by atoms with Gasteiger partial charge in [-0.1, -0.05) is 6.07 Å². The highest BCUT2D eigenvalue weighted by Gasteiger charge is 2.34. The van der Waals surface area contributed by atoms with E-state index in [-0.39, 0.29) is 36.0 Å². The van der Waals surface area contributed by atoms with Crippen LogP contribution in [0, 0.1) is 11.7 Å². The van der Waals surface area contributed by atoms with Crippen molar-refractivity contribution in [1.29, 1.82) is 0 Å². The molecule has 1 fully saturated rings. The smallest absolute Gasteiger partial charge is 0.355 e. The van der Waals surface area contributed by atoms with Gasteiger partial charge in [0.15, 0.2) is 11.6 Å². The summed E-state index contributed by atoms with van der Waals surface area (Å²) in [5.74, 6) is -1.70. The van der Waals surface area contributed by atoms with E-state index >= 15 is 0 Å². The maximum absolute atomic E-state index is 14.7. The number of benzene rings is 1. The molecule has 164 valence electrons. The fourth-order valence-electron chi connectivity index (χ4n) is 3.62. The molecule has 0 amide bonds. The van der Waals surface area contributed by atoms with Crippen LogP contribution in [-0.2, 0) is 23.8 Å². The van der Waals surface area contributed by atoms with Gasteiger partial charge in [-0.05, 0) is 51.0 Å². The summed E-state index contributed by atoms with van der Waals surface area (Å²) < 4.78 is 35.7. The van der Waals surface area contributed by atoms with Gasteiger partial charge in [-0.2, -0.15) is 0 Å². The number of ether oxygens (including phenoxy) is 4. The minimum Gasteiger partial charge on any atom is -0.488 e. The number of anilines is 1. The van der Waals surface area contributed by atoms with Crippen molar-refractivity contribution >= 4 is 17.6 Å². The first-order valence-electron chi connectivity index (χ1n) is 9.81. The number of nitrogens with zero attached hydrogens (tertiary/aromatic N) is 2. The minimum absolute atomic E-state index is 0.00105. The molecule has 0 saturated carbocycles. The molecule has 0 aromatic heterocycles. The zero-order valence-corrected chi connectivity index (χ0v) is 17.5. The lowest BCUT2D eigenvalue weighted by Crippen LogP contribution is -2.39. The average Bonchev–Trinajstić information content (AvgIpc) is 2.77. The number of carbonyl (C=O) groups is 2. The van der Waals surface area contributed by atoms with Gasteiger partial charge in [-0.15, -0.1) is 0 Å². The number of hydrogen-bond donors (Lipinski definition) is 0. The SMILES string of the molecule is COC(=O)C1=C(C(=O)OC)N(c2cccc(F)c2OCC2CCN(C)CC2)COC1. The van der Waals surface area contributed by atoms with Gasteiger partial charge < -0.3 is 28.7 Å². The van der Waals surface area contributed by atoms with Crippen molar-refractivity contribution in [3.8, 4) is 5.75 Å². The van der Waals surface area contributed by atoms with E-state index in [1.54, 1.807) is 6.07 Å². The van der Waals surface area contributed by atoms with E-state index in [4.69, 9.17) is 18.9 Å². The summed E-state index contributed by atoms with van der Waals surface area (Å²) in [5.41, 5.74) is 0.232. The van der Waals surface area contributed by atoms with Gasteiger partial charge in [-0.3, -0.25) is 0 Å². The molecule has 0 atom stereocenters. The van der Waals surface area contributed by atoms with E-state index in [9.17, 15) is 14.0 Å². The molecular formula is C21H27FN2O6. The summed E-state index contributed by atoms with van der Waals surface area (Å²) in [6.07, 6.45) is 1.93. The van der Waals surface area contributed by atoms with Crippen LogP contribution in [0.15, 0.2) is 29.5 Å². The number of rotatable bonds is 6. The summed E-state index contributed by atoms with van der Waals surface area (Å²) in [6.45, 7) is 2.11. The zero-order valence-electron chi connectivity index (χ0n) is 17.5. The minimum atomic E-state index is -0.746. The molecule has 1 aromatic carbocycles. The normalized spacial score (nSPS) is 18.3. The van der Waals surface area contributed by atoms with Crippen molar-refractivity contribution in [2.45, 2.75) is 12.8 Å². The number of hydrogen-bond acceptors (Lipinski definition) is 8. The van der Waals surface area contributed by atoms with Crippen molar-refractivity contribution in [2.24, 2.45) is 5.92 Å². The molecule has 0 spiro atoms. The Kier molecular flexibility index (Phi) is 7.28. The summed E-state index contributed by atoms with van der Waals surface area (Å²) >= 11 is 0. The average molecular weight is 422 g/mol. The molecule has 0 unspecified atom stereocenters. The first kappa shape index (κ1) is 22.0. The maximum atomic E-state index is 14.7. The number of piperidine rings is 1. The van der Waals surface area contributed by atoms with Crippen LogP contribution in [-0.4, -0.2) is 71.1 Å². The standard InChI is InChI=1S/C21H27FN2O6/c1-23-9-7-14(8-10-23)11-30-19-16(22)5-4-6-17(19)24-13-29-12-15(20(25)27-2)18(24)21(26)28-3/h4-6,14H,7-13H2,1-3H3. The molecule has 1 aromatic rings. The lowest BCUT2D eigenvalue weighted by molar-refractivity contribution is -0.140. The van der Waals surface area contributed by atoms with Crippen molar-refractivity contribution < 1.29 is 32.9 Å². The highest BCUT2D eigenvalue weighted by molar-refractivity contribution is 6.03. The summed E-state index contributed by atoms with van der Waals surface area (Å²) in [7, 11) is 4.49. The van der Waals surface area contributed by atoms with Crippen LogP contribution in [0.3, 0.4) is 0 Å². The second kappa shape index (κ2) is 9.90. The van der Waals surface area contributed by atoms with Crippen LogP contribution in [0.1, 0.15) is 12.8 Å². The first-order valence-corrected chi connectivity index (χ1v) is 9.81. The number of likely N-dealkylation sites (tertiary alicyclic amines) is 1. The molecule has 0 radical (unpaired) electrons. The van der Waals surface area contributed by atoms with E-state index < -0.39 is 17.8 Å². The van der Waals surface area contributed by atoms with Gasteiger partial charge in [0.25, 0.3) is 0 Å². The second-order valence-electron chi connectivity index (χ2n) is 7.36. The number of esters is 2. The van der Waals surface area contributed by atoms with Crippen molar-refractivity contribution in [3.05, 3.63) is 35.3 Å². The molecule has 9 heteroatoms. The van der Waals surface area contributed by atoms with Gasteiger partial charge >= 0.3 is 11.9 Å². The van der Waals surface area contributed by atoms with Crippen LogP contribution in [0.4, 0.5) is 10.1 Å². The quantitative estimate of drug-likeness (QED) is 0.644. The number of halogens is 1. The maximum Gasteiger partial charge on any atom is 0.355 e. The number of carbonyl (C=O) groups excluding carboxylic acids is 2. The summed E-state index contributed by atoms with van der Waals surface area (Å²) in [5, 5.41) is 0. The summed E-state index contributed by atoms with van der Waals surface area (Å²) in [6, 6.07) is 4.41. The predicted molar refractivity (Wildman–Crippen MR) is 106 cm³/mol. The third kappa shape index (κ3) is 4.73. The third-order valence-corrected chi connectivity index (χ3v) is 5.37. The van der Waals surface area contributed by atoms with Gasteiger partial charge in [0, 0.05) is 0 Å². The Hall–Kier alpha value is -2.65. The largest absolute Gasteiger partial charge is 0.488 e. The van der Waals surface area contributed by atoms with Gasteiger partial charge in [-0.25, -0.2) is 14.0 Å². The molecule has 8 nitrogen and oxygen atoms in total. The zero-order chi connectivity index (χ0) is 21.7. The van der Waals surface area contributed by atoms with Gasteiger partial charge in [0.05, 0.1) is 38.7 Å². The molecule has 2 aliphatic rings. The predicted octanol–water partition coefficient (Wildman–Crippen LogP) is 1.94. The Labute approximate surface area is 175 Å². The molecule has 0 aliphatic carbocycles. The Morgan fingerprint density at radius 2 is 1.87 bits per heavy atom. The molecular weight excluding hydrogens is 395 g/mol. The highest BCUT2D eigenvalue weighted by Crippen LogP contribution is 2.36. The molecule has 2 heterocycles. The number of methoxy groups -OCH3 is 2. The van der Waals surface area contributed by atoms with Crippen molar-refractivity contribution in [3.63, 3.8) is 0 Å². The number of para-hydroxylation sites is 1. The Bertz CT molecular complexity index is 820. The van der Waals surface area contributed by atoms with Crippen molar-refractivity contribution in [2.75, 3.05) is 59.2 Å². The summed E-state index contributed by atoms with van der Waals surface area (Å²) in [4.78, 5) is 28.3. The van der Waals surface area contributed by atoms with Crippen LogP contribution < -0.4 is 9.64 Å². The van der Waals surface area contributed by atoms with E-state index in [0.717, 1.165) is 25.9 Å². The van der Waals surface area contributed by atoms with Crippen LogP contribution in [0.2, 0.25) is 0 Å². The Balaban J connectivity index is 1.92. The second-order valence-corrected chi connectivity index (χ2v) is 7.36. The van der Waals surface area contributed by atoms with E-state index in [1.807, 2.05) is 0 Å². The molecule has 2 aliphatic heterocycles. The van der Waals surface area contributed by atoms with Crippen LogP contribution in [0.5, 0.6) is 5.75 Å². The fourth-order valence-corrected chi connectivity index (χ4v) is 3.62. The van der Waals surface area contributed by atoms with E-state index in [0.29, 0.717) is 12.5 Å². The van der Waals surface area contributed by atoms with Gasteiger partial charge in [0.1, 0.15) is 12.4 Å². The molecule has 3 rings (SSSR count). The lowest BCUT2D eigenvalue weighted by Gasteiger charge is -2.33. The Morgan fingerprint density at radius 3 is 2.53 bits per heavy atom. The highest BCUT2D eigenvalue weighted by atomic mass is 19.1. The first-order chi connectivity index (χ1) is 14.5. The fraction of sp³-hybridized carbons (Fsp3) is 0.524. The molecule has 30 heavy (non-hydrogen) atoms. The molecule has 0 bridgehead atoms. The van der Waals surface area contributed by atoms with E-state index in [1.165, 1.54) is 31.3 Å². The molecule has 1 saturated heterocycles.